The SMILES string of the molecule is [B]c1cc2c(NC3CCC3)ncnc2cc1OCc1cccc(S(C)(=O)=NC(=O)OCC)c1. The molecule has 33 heavy (non-hydrogen) atoms. The lowest BCUT2D eigenvalue weighted by atomic mass is 9.92. The molecule has 3 aromatic rings. The first-order chi connectivity index (χ1) is 15.9. The Balaban J connectivity index is 1.53. The number of hydrogen-bond donors (Lipinski definition) is 1. The Bertz CT molecular complexity index is 1300. The molecule has 8 nitrogen and oxygen atoms in total. The standard InChI is InChI=1S/C23H25BN4O4S/c1-3-31-23(29)28-33(2,30)17-9-4-6-15(10-17)13-32-21-12-20-18(11-19(21)24)22(26-14-25-20)27-16-7-5-8-16/h4,6,9-12,14,16H,3,5,7-8,13H2,1-2H3,(H,25,26,27). The quantitative estimate of drug-likeness (QED) is 0.533. The molecule has 1 amide bonds. The molecule has 2 radical (unpaired) electrons. The first-order valence-corrected chi connectivity index (χ1v) is 12.7. The molecular weight excluding hydrogens is 439 g/mol. The van der Waals surface area contributed by atoms with Crippen LogP contribution in [0.2, 0.25) is 0 Å². The monoisotopic (exact) mass is 464 g/mol. The molecule has 2 aromatic carbocycles. The molecule has 1 fully saturated rings. The third-order valence-electron chi connectivity index (χ3n) is 5.46. The minimum absolute atomic E-state index is 0.169. The van der Waals surface area contributed by atoms with Crippen molar-refractivity contribution in [2.45, 2.75) is 43.7 Å². The fraction of sp³-hybridized carbons (Fsp3) is 0.348. The van der Waals surface area contributed by atoms with E-state index in [4.69, 9.17) is 17.3 Å². The summed E-state index contributed by atoms with van der Waals surface area (Å²) in [5.74, 6) is 1.27. The third kappa shape index (κ3) is 5.44. The summed E-state index contributed by atoms with van der Waals surface area (Å²) in [7, 11) is 3.32. The fourth-order valence-electron chi connectivity index (χ4n) is 3.46. The number of aromatic nitrogens is 2. The zero-order valence-electron chi connectivity index (χ0n) is 18.6. The van der Waals surface area contributed by atoms with E-state index in [2.05, 4.69) is 19.6 Å². The Hall–Kier alpha value is -3.14. The normalized spacial score (nSPS) is 15.3. The Morgan fingerprint density at radius 2 is 2.09 bits per heavy atom. The summed E-state index contributed by atoms with van der Waals surface area (Å²) in [5.41, 5.74) is 1.96. The van der Waals surface area contributed by atoms with Gasteiger partial charge in [-0.05, 0) is 43.9 Å². The highest BCUT2D eigenvalue weighted by Crippen LogP contribution is 2.27. The second-order valence-corrected chi connectivity index (χ2v) is 10.2. The number of nitrogens with one attached hydrogen (secondary N) is 1. The molecule has 0 bridgehead atoms. The number of benzene rings is 2. The van der Waals surface area contributed by atoms with Gasteiger partial charge in [-0.1, -0.05) is 23.7 Å². The van der Waals surface area contributed by atoms with Crippen LogP contribution in [0, 0.1) is 0 Å². The summed E-state index contributed by atoms with van der Waals surface area (Å²) in [5, 5.41) is 4.30. The molecule has 170 valence electrons. The maximum Gasteiger partial charge on any atom is 0.442 e. The van der Waals surface area contributed by atoms with E-state index in [9.17, 15) is 9.00 Å². The molecule has 1 saturated carbocycles. The first-order valence-electron chi connectivity index (χ1n) is 10.8. The Labute approximate surface area is 194 Å². The molecule has 4 rings (SSSR count). The van der Waals surface area contributed by atoms with Crippen molar-refractivity contribution in [3.8, 4) is 5.75 Å². The van der Waals surface area contributed by atoms with Crippen LogP contribution >= 0.6 is 0 Å². The van der Waals surface area contributed by atoms with Crippen LogP contribution in [0.5, 0.6) is 5.75 Å². The van der Waals surface area contributed by atoms with Crippen LogP contribution in [0.4, 0.5) is 10.6 Å². The molecule has 10 heteroatoms. The minimum atomic E-state index is -2.94. The van der Waals surface area contributed by atoms with Gasteiger partial charge in [-0.3, -0.25) is 0 Å². The van der Waals surface area contributed by atoms with Crippen molar-refractivity contribution in [2.24, 2.45) is 4.36 Å². The highest BCUT2D eigenvalue weighted by molar-refractivity contribution is 7.93. The lowest BCUT2D eigenvalue weighted by Crippen LogP contribution is -2.27. The molecule has 0 saturated heterocycles. The van der Waals surface area contributed by atoms with Crippen LogP contribution in [-0.2, 0) is 21.1 Å². The summed E-state index contributed by atoms with van der Waals surface area (Å²) in [4.78, 5) is 20.8. The van der Waals surface area contributed by atoms with Gasteiger partial charge in [0.25, 0.3) is 0 Å². The van der Waals surface area contributed by atoms with E-state index in [0.29, 0.717) is 22.1 Å². The lowest BCUT2D eigenvalue weighted by molar-refractivity contribution is 0.164. The topological polar surface area (TPSA) is 103 Å². The molecular formula is C23H25BN4O4S. The molecule has 0 spiro atoms. The van der Waals surface area contributed by atoms with Crippen molar-refractivity contribution in [1.29, 1.82) is 0 Å². The zero-order chi connectivity index (χ0) is 23.4. The number of carbonyl (C=O) groups excluding carboxylic acids is 1. The summed E-state index contributed by atoms with van der Waals surface area (Å²) in [6, 6.07) is 11.0. The van der Waals surface area contributed by atoms with Crippen LogP contribution in [0.15, 0.2) is 52.0 Å². The number of fused-ring (bicyclic) bond motifs is 1. The second kappa shape index (κ2) is 9.78. The van der Waals surface area contributed by atoms with Gasteiger partial charge in [-0.2, -0.15) is 0 Å². The third-order valence-corrected chi connectivity index (χ3v) is 7.09. The van der Waals surface area contributed by atoms with Gasteiger partial charge in [0.15, 0.2) is 0 Å². The van der Waals surface area contributed by atoms with Crippen LogP contribution in [-0.4, -0.2) is 47.0 Å². The highest BCUT2D eigenvalue weighted by Gasteiger charge is 2.19. The number of amides is 1. The average Bonchev–Trinajstić information content (AvgIpc) is 2.75. The molecule has 1 heterocycles. The largest absolute Gasteiger partial charge is 0.489 e. The number of carbonyl (C=O) groups is 1. The summed E-state index contributed by atoms with van der Waals surface area (Å²) in [6.45, 7) is 2.03. The van der Waals surface area contributed by atoms with E-state index >= 15 is 0 Å². The molecule has 1 aliphatic rings. The zero-order valence-corrected chi connectivity index (χ0v) is 19.4. The minimum Gasteiger partial charge on any atom is -0.489 e. The predicted molar refractivity (Wildman–Crippen MR) is 129 cm³/mol. The maximum atomic E-state index is 12.9. The Morgan fingerprint density at radius 3 is 2.82 bits per heavy atom. The first kappa shape index (κ1) is 23.0. The van der Waals surface area contributed by atoms with Gasteiger partial charge < -0.3 is 14.8 Å². The maximum absolute atomic E-state index is 12.9. The number of anilines is 1. The van der Waals surface area contributed by atoms with Gasteiger partial charge in [0.1, 0.15) is 32.3 Å². The Morgan fingerprint density at radius 1 is 1.27 bits per heavy atom. The van der Waals surface area contributed by atoms with E-state index in [0.717, 1.165) is 35.1 Å². The molecule has 1 atom stereocenters. The van der Waals surface area contributed by atoms with E-state index in [1.807, 2.05) is 12.1 Å². The lowest BCUT2D eigenvalue weighted by Gasteiger charge is -2.27. The summed E-state index contributed by atoms with van der Waals surface area (Å²) >= 11 is 0. The Kier molecular flexibility index (Phi) is 6.83. The highest BCUT2D eigenvalue weighted by atomic mass is 32.2. The fourth-order valence-corrected chi connectivity index (χ4v) is 4.61. The van der Waals surface area contributed by atoms with Crippen molar-refractivity contribution >= 4 is 45.9 Å². The molecule has 0 aliphatic heterocycles. The van der Waals surface area contributed by atoms with E-state index in [1.54, 1.807) is 31.2 Å². The number of rotatable bonds is 7. The summed E-state index contributed by atoms with van der Waals surface area (Å²) < 4.78 is 27.3. The molecule has 1 unspecified atom stereocenters. The van der Waals surface area contributed by atoms with Crippen LogP contribution in [0.3, 0.4) is 0 Å². The van der Waals surface area contributed by atoms with E-state index in [-0.39, 0.29) is 13.2 Å². The van der Waals surface area contributed by atoms with Crippen LogP contribution < -0.4 is 15.5 Å². The van der Waals surface area contributed by atoms with Crippen molar-refractivity contribution in [3.05, 3.63) is 48.3 Å². The van der Waals surface area contributed by atoms with Crippen LogP contribution in [0.25, 0.3) is 10.9 Å². The number of nitrogens with zero attached hydrogens (tertiary/aromatic N) is 3. The smallest absolute Gasteiger partial charge is 0.442 e. The van der Waals surface area contributed by atoms with Gasteiger partial charge in [0.05, 0.1) is 21.9 Å². The molecule has 1 aromatic heterocycles. The number of hydrogen-bond acceptors (Lipinski definition) is 7. The summed E-state index contributed by atoms with van der Waals surface area (Å²) in [6.07, 6.45) is 5.59. The van der Waals surface area contributed by atoms with Gasteiger partial charge in [-0.25, -0.2) is 19.0 Å². The van der Waals surface area contributed by atoms with Crippen molar-refractivity contribution in [1.82, 2.24) is 9.97 Å². The predicted octanol–water partition coefficient (Wildman–Crippen LogP) is 3.58. The van der Waals surface area contributed by atoms with E-state index < -0.39 is 15.8 Å². The average molecular weight is 464 g/mol. The van der Waals surface area contributed by atoms with Gasteiger partial charge in [0, 0.05) is 28.6 Å². The van der Waals surface area contributed by atoms with Gasteiger partial charge >= 0.3 is 6.09 Å². The molecule has 1 N–H and O–H groups in total. The van der Waals surface area contributed by atoms with Gasteiger partial charge in [0.2, 0.25) is 0 Å². The van der Waals surface area contributed by atoms with Gasteiger partial charge in [-0.15, -0.1) is 4.36 Å². The van der Waals surface area contributed by atoms with E-state index in [1.165, 1.54) is 19.0 Å². The second-order valence-electron chi connectivity index (χ2n) is 7.93. The van der Waals surface area contributed by atoms with Crippen molar-refractivity contribution in [2.75, 3.05) is 18.2 Å². The molecule has 1 aliphatic carbocycles. The number of ether oxygens (including phenoxy) is 2. The van der Waals surface area contributed by atoms with Crippen molar-refractivity contribution in [3.63, 3.8) is 0 Å². The van der Waals surface area contributed by atoms with Crippen molar-refractivity contribution < 1.29 is 18.5 Å². The van der Waals surface area contributed by atoms with Crippen LogP contribution in [0.1, 0.15) is 31.7 Å².